The molecule has 198 valence electrons. The third-order valence-electron chi connectivity index (χ3n) is 3.81. The Morgan fingerprint density at radius 3 is 1.60 bits per heavy atom. The topological polar surface area (TPSA) is 159 Å². The van der Waals surface area contributed by atoms with E-state index in [0.29, 0.717) is 24.3 Å². The van der Waals surface area contributed by atoms with Crippen molar-refractivity contribution in [3.05, 3.63) is 25.3 Å². The molecule has 2 aliphatic rings. The van der Waals surface area contributed by atoms with E-state index in [4.69, 9.17) is 11.7 Å². The van der Waals surface area contributed by atoms with Crippen LogP contribution in [0.5, 0.6) is 0 Å². The van der Waals surface area contributed by atoms with Gasteiger partial charge in [0.2, 0.25) is 0 Å². The van der Waals surface area contributed by atoms with Gasteiger partial charge in [0.25, 0.3) is 23.6 Å². The Bertz CT molecular complexity index is 759. The quantitative estimate of drug-likeness (QED) is 0.159. The number of nitrogens with zero attached hydrogens (tertiary/aromatic N) is 2. The SMILES string of the molecule is C.C.C=CCCCC(=O)O.C=CCCCC(=O)ON1C(=O)CCC1=O.O=C1CCC(=O)N1O.[2H]C#C. The summed E-state index contributed by atoms with van der Waals surface area (Å²) < 4.78 is 5.74. The van der Waals surface area contributed by atoms with Gasteiger partial charge in [-0.3, -0.25) is 29.2 Å². The zero-order valence-corrected chi connectivity index (χ0v) is 18.4. The van der Waals surface area contributed by atoms with E-state index in [9.17, 15) is 28.8 Å². The third-order valence-corrected chi connectivity index (χ3v) is 3.81. The third kappa shape index (κ3) is 18.3. The Morgan fingerprint density at radius 2 is 1.29 bits per heavy atom. The number of carboxylic acid groups (broad SMARTS) is 1. The van der Waals surface area contributed by atoms with Gasteiger partial charge in [-0.15, -0.1) is 31.0 Å². The number of imide groups is 2. The maximum Gasteiger partial charge on any atom is 0.333 e. The number of allylic oxidation sites excluding steroid dienone is 2. The lowest BCUT2D eigenvalue weighted by Crippen LogP contribution is -2.31. The van der Waals surface area contributed by atoms with Crippen molar-refractivity contribution < 1.29 is 45.3 Å². The van der Waals surface area contributed by atoms with Crippen LogP contribution in [0.4, 0.5) is 0 Å². The highest BCUT2D eigenvalue weighted by atomic mass is 16.7. The van der Waals surface area contributed by atoms with Gasteiger partial charge in [0.05, 0.1) is 0 Å². The average Bonchev–Trinajstić information content (AvgIpc) is 3.25. The van der Waals surface area contributed by atoms with E-state index in [-0.39, 0.29) is 58.4 Å². The number of rotatable bonds is 9. The van der Waals surface area contributed by atoms with E-state index < -0.39 is 35.6 Å². The summed E-state index contributed by atoms with van der Waals surface area (Å²) in [5.41, 5.74) is 0. The summed E-state index contributed by atoms with van der Waals surface area (Å²) in [4.78, 5) is 68.2. The van der Waals surface area contributed by atoms with Crippen LogP contribution in [-0.4, -0.2) is 56.0 Å². The first kappa shape index (κ1) is 35.8. The molecule has 0 bridgehead atoms. The molecule has 2 heterocycles. The molecule has 11 nitrogen and oxygen atoms in total. The van der Waals surface area contributed by atoms with E-state index in [1.807, 2.05) is 0 Å². The lowest BCUT2D eigenvalue weighted by atomic mass is 10.2. The molecule has 11 heteroatoms. The lowest BCUT2D eigenvalue weighted by molar-refractivity contribution is -0.197. The summed E-state index contributed by atoms with van der Waals surface area (Å²) in [6, 6.07) is 0. The number of amides is 4. The monoisotopic (exact) mass is 499 g/mol. The molecule has 0 aromatic rings. The van der Waals surface area contributed by atoms with Gasteiger partial charge in [-0.1, -0.05) is 27.0 Å². The van der Waals surface area contributed by atoms with Crippen LogP contribution in [0.2, 0.25) is 0 Å². The van der Waals surface area contributed by atoms with Crippen molar-refractivity contribution in [2.45, 2.75) is 79.1 Å². The van der Waals surface area contributed by atoms with Gasteiger partial charge in [0.1, 0.15) is 1.37 Å². The molecule has 0 spiro atoms. The highest BCUT2D eigenvalue weighted by molar-refractivity contribution is 6.01. The summed E-state index contributed by atoms with van der Waals surface area (Å²) >= 11 is 0. The Morgan fingerprint density at radius 1 is 0.914 bits per heavy atom. The number of hydrogen-bond donors (Lipinski definition) is 2. The standard InChI is InChI=1S/C10H13NO4.C6H10O2.C4H5NO3.C2H2.2CH4/c1-2-3-4-5-10(14)15-11-8(12)6-7-9(11)13;1-2-3-4-5-6(7)8;6-3-1-2-4(7)5(3)8;1-2;;/h2H,1,3-7H2;2H,1,3-5H2,(H,7,8);8H,1-2H2;1-2H;2*1H4/i;;;1D;;. The first-order valence-corrected chi connectivity index (χ1v) is 9.97. The number of hydrogen-bond acceptors (Lipinski definition) is 8. The van der Waals surface area contributed by atoms with E-state index in [2.05, 4.69) is 24.4 Å². The minimum Gasteiger partial charge on any atom is -0.481 e. The van der Waals surface area contributed by atoms with E-state index in [0.717, 1.165) is 6.42 Å². The number of aliphatic carboxylic acids is 1. The molecule has 0 atom stereocenters. The molecule has 0 radical (unpaired) electrons. The predicted molar refractivity (Wildman–Crippen MR) is 129 cm³/mol. The van der Waals surface area contributed by atoms with Crippen LogP contribution in [0.1, 0.15) is 80.4 Å². The number of carbonyl (C=O) groups is 6. The number of carboxylic acids is 1. The maximum atomic E-state index is 11.2. The van der Waals surface area contributed by atoms with Crippen LogP contribution >= 0.6 is 0 Å². The molecule has 2 rings (SSSR count). The first-order valence-electron chi connectivity index (χ1n) is 10.5. The number of carbonyl (C=O) groups excluding carboxylic acids is 5. The fraction of sp³-hybridized carbons (Fsp3) is 0.500. The van der Waals surface area contributed by atoms with Crippen molar-refractivity contribution in [3.63, 3.8) is 0 Å². The van der Waals surface area contributed by atoms with E-state index >= 15 is 0 Å². The summed E-state index contributed by atoms with van der Waals surface area (Å²) in [6.45, 7) is 6.98. The first-order chi connectivity index (χ1) is 16.0. The number of hydroxylamine groups is 4. The smallest absolute Gasteiger partial charge is 0.333 e. The van der Waals surface area contributed by atoms with Crippen LogP contribution < -0.4 is 0 Å². The van der Waals surface area contributed by atoms with Crippen molar-refractivity contribution in [3.8, 4) is 12.8 Å². The van der Waals surface area contributed by atoms with Gasteiger partial charge < -0.3 is 9.94 Å². The second kappa shape index (κ2) is 23.4. The van der Waals surface area contributed by atoms with Crippen molar-refractivity contribution >= 4 is 35.6 Å². The van der Waals surface area contributed by atoms with Gasteiger partial charge >= 0.3 is 11.9 Å². The fourth-order valence-corrected chi connectivity index (χ4v) is 2.16. The average molecular weight is 500 g/mol. The molecular formula is C24H38N2O9. The number of unbranched alkanes of at least 4 members (excludes halogenated alkanes) is 2. The molecule has 2 N–H and O–H groups in total. The molecule has 35 heavy (non-hydrogen) atoms. The van der Waals surface area contributed by atoms with Crippen molar-refractivity contribution in [1.29, 1.82) is 0 Å². The van der Waals surface area contributed by atoms with Crippen LogP contribution in [0.15, 0.2) is 25.3 Å². The Balaban J connectivity index is -0.000000210. The van der Waals surface area contributed by atoms with Crippen LogP contribution in [0.25, 0.3) is 0 Å². The fourth-order valence-electron chi connectivity index (χ4n) is 2.16. The van der Waals surface area contributed by atoms with Gasteiger partial charge in [-0.25, -0.2) is 4.79 Å². The molecule has 2 aliphatic heterocycles. The van der Waals surface area contributed by atoms with Gasteiger partial charge in [0, 0.05) is 38.5 Å². The lowest BCUT2D eigenvalue weighted by Gasteiger charge is -2.11. The Labute approximate surface area is 208 Å². The molecule has 0 aromatic carbocycles. The zero-order chi connectivity index (χ0) is 26.5. The highest BCUT2D eigenvalue weighted by Gasteiger charge is 2.32. The molecule has 2 saturated heterocycles. The summed E-state index contributed by atoms with van der Waals surface area (Å²) in [5.74, 6) is -3.19. The molecule has 0 unspecified atom stereocenters. The Hall–Kier alpha value is -3.78. The molecule has 2 fully saturated rings. The molecular weight excluding hydrogens is 460 g/mol. The normalized spacial score (nSPS) is 13.5. The molecule has 0 aromatic heterocycles. The summed E-state index contributed by atoms with van der Waals surface area (Å²) in [6.07, 6.45) is 13.0. The zero-order valence-electron chi connectivity index (χ0n) is 19.4. The Kier molecular flexibility index (Phi) is 23.9. The number of terminal acetylenes is 1. The summed E-state index contributed by atoms with van der Waals surface area (Å²) in [7, 11) is 0. The predicted octanol–water partition coefficient (Wildman–Crippen LogP) is 3.42. The van der Waals surface area contributed by atoms with Crippen LogP contribution in [0, 0.1) is 12.8 Å². The van der Waals surface area contributed by atoms with Gasteiger partial charge in [0.15, 0.2) is 0 Å². The van der Waals surface area contributed by atoms with E-state index in [1.165, 1.54) is 6.40 Å². The van der Waals surface area contributed by atoms with Gasteiger partial charge in [-0.05, 0) is 25.7 Å². The second-order valence-corrected chi connectivity index (χ2v) is 6.40. The molecule has 0 aliphatic carbocycles. The van der Waals surface area contributed by atoms with Gasteiger partial charge in [-0.2, -0.15) is 5.06 Å². The van der Waals surface area contributed by atoms with Crippen molar-refractivity contribution in [2.24, 2.45) is 0 Å². The largest absolute Gasteiger partial charge is 0.481 e. The summed E-state index contributed by atoms with van der Waals surface area (Å²) in [5, 5.41) is 17.2. The maximum absolute atomic E-state index is 11.2. The second-order valence-electron chi connectivity index (χ2n) is 6.40. The van der Waals surface area contributed by atoms with Crippen LogP contribution in [-0.2, 0) is 33.6 Å². The minimum atomic E-state index is -0.730. The van der Waals surface area contributed by atoms with Crippen molar-refractivity contribution in [2.75, 3.05) is 0 Å². The highest BCUT2D eigenvalue weighted by Crippen LogP contribution is 2.13. The van der Waals surface area contributed by atoms with Crippen LogP contribution in [0.3, 0.4) is 0 Å². The minimum absolute atomic E-state index is 0. The molecule has 0 saturated carbocycles. The molecule has 4 amide bonds. The van der Waals surface area contributed by atoms with Crippen molar-refractivity contribution in [1.82, 2.24) is 10.1 Å². The van der Waals surface area contributed by atoms with E-state index in [1.54, 1.807) is 12.2 Å².